The van der Waals surface area contributed by atoms with E-state index < -0.39 is 5.97 Å². The summed E-state index contributed by atoms with van der Waals surface area (Å²) in [6.07, 6.45) is 3.11. The van der Waals surface area contributed by atoms with Gasteiger partial charge in [0.15, 0.2) is 0 Å². The molecule has 8 heteroatoms. The predicted octanol–water partition coefficient (Wildman–Crippen LogP) is 0.00140. The van der Waals surface area contributed by atoms with Crippen LogP contribution >= 0.6 is 11.8 Å². The summed E-state index contributed by atoms with van der Waals surface area (Å²) in [5.74, 6) is 0.377. The lowest BCUT2D eigenvalue weighted by Gasteiger charge is -2.16. The second-order valence-corrected chi connectivity index (χ2v) is 6.49. The van der Waals surface area contributed by atoms with E-state index in [1.54, 1.807) is 0 Å². The molecule has 21 heavy (non-hydrogen) atoms. The summed E-state index contributed by atoms with van der Waals surface area (Å²) in [4.78, 5) is 33.6. The van der Waals surface area contributed by atoms with Crippen LogP contribution in [0.1, 0.15) is 25.7 Å². The molecule has 0 aromatic carbocycles. The number of methoxy groups -OCH3 is 1. The third kappa shape index (κ3) is 4.52. The van der Waals surface area contributed by atoms with Crippen LogP contribution in [0.25, 0.3) is 0 Å². The first-order chi connectivity index (χ1) is 10.1. The van der Waals surface area contributed by atoms with Crippen molar-refractivity contribution in [3.8, 4) is 0 Å². The Hall–Kier alpha value is -1.44. The van der Waals surface area contributed by atoms with Crippen molar-refractivity contribution >= 4 is 29.7 Å². The van der Waals surface area contributed by atoms with Gasteiger partial charge >= 0.3 is 12.0 Å². The van der Waals surface area contributed by atoms with Crippen LogP contribution < -0.4 is 16.0 Å². The van der Waals surface area contributed by atoms with Gasteiger partial charge in [0.05, 0.1) is 19.2 Å². The van der Waals surface area contributed by atoms with Crippen molar-refractivity contribution in [2.45, 2.75) is 43.0 Å². The molecule has 2 heterocycles. The van der Waals surface area contributed by atoms with Crippen LogP contribution in [0.3, 0.4) is 0 Å². The number of unbranched alkanes of at least 4 members (excludes halogenated alkanes) is 1. The minimum absolute atomic E-state index is 0.0718. The largest absolute Gasteiger partial charge is 0.468 e. The highest BCUT2D eigenvalue weighted by atomic mass is 32.2. The van der Waals surface area contributed by atoms with Crippen molar-refractivity contribution in [3.63, 3.8) is 0 Å². The molecule has 118 valence electrons. The van der Waals surface area contributed by atoms with Gasteiger partial charge in [-0.1, -0.05) is 6.42 Å². The standard InChI is InChI=1S/C13H21N3O4S/c1-20-11(18)6-14-10(17)5-3-2-4-9-12-8(7-21-9)15-13(19)16-12/h8-9,12H,2-7H2,1H3,(H,14,17)(H2,15,16,19). The van der Waals surface area contributed by atoms with Gasteiger partial charge < -0.3 is 20.7 Å². The van der Waals surface area contributed by atoms with Crippen LogP contribution in [-0.2, 0) is 14.3 Å². The number of thioether (sulfide) groups is 1. The monoisotopic (exact) mass is 315 g/mol. The minimum Gasteiger partial charge on any atom is -0.468 e. The molecule has 3 N–H and O–H groups in total. The SMILES string of the molecule is COC(=O)CNC(=O)CCCCC1SCC2NC(=O)NC21. The molecule has 0 aliphatic carbocycles. The molecule has 2 rings (SSSR count). The van der Waals surface area contributed by atoms with Gasteiger partial charge in [-0.2, -0.15) is 11.8 Å². The Kier molecular flexibility index (Phi) is 5.72. The zero-order valence-electron chi connectivity index (χ0n) is 12.0. The lowest BCUT2D eigenvalue weighted by Crippen LogP contribution is -2.36. The zero-order valence-corrected chi connectivity index (χ0v) is 12.8. The number of hydrogen-bond acceptors (Lipinski definition) is 5. The fourth-order valence-electron chi connectivity index (χ4n) is 2.61. The number of nitrogens with one attached hydrogen (secondary N) is 3. The third-order valence-electron chi connectivity index (χ3n) is 3.74. The van der Waals surface area contributed by atoms with Gasteiger partial charge in [-0.3, -0.25) is 9.59 Å². The van der Waals surface area contributed by atoms with Gasteiger partial charge in [-0.25, -0.2) is 4.79 Å². The van der Waals surface area contributed by atoms with Crippen LogP contribution in [0.2, 0.25) is 0 Å². The van der Waals surface area contributed by atoms with Gasteiger partial charge in [0.1, 0.15) is 6.54 Å². The van der Waals surface area contributed by atoms with Gasteiger partial charge in [0, 0.05) is 17.4 Å². The van der Waals surface area contributed by atoms with Crippen molar-refractivity contribution in [2.24, 2.45) is 0 Å². The van der Waals surface area contributed by atoms with E-state index in [2.05, 4.69) is 20.7 Å². The molecule has 2 fully saturated rings. The van der Waals surface area contributed by atoms with Crippen LogP contribution in [0.4, 0.5) is 4.79 Å². The Morgan fingerprint density at radius 3 is 2.95 bits per heavy atom. The van der Waals surface area contributed by atoms with E-state index >= 15 is 0 Å². The second kappa shape index (κ2) is 7.53. The smallest absolute Gasteiger partial charge is 0.325 e. The molecule has 7 nitrogen and oxygen atoms in total. The fourth-order valence-corrected chi connectivity index (χ4v) is 4.15. The minimum atomic E-state index is -0.443. The van der Waals surface area contributed by atoms with Gasteiger partial charge in [0.2, 0.25) is 5.91 Å². The highest BCUT2D eigenvalue weighted by Crippen LogP contribution is 2.33. The Bertz CT molecular complexity index is 418. The number of carbonyl (C=O) groups is 3. The van der Waals surface area contributed by atoms with Crippen LogP contribution in [0, 0.1) is 0 Å². The molecule has 0 aromatic heterocycles. The summed E-state index contributed by atoms with van der Waals surface area (Å²) in [5, 5.41) is 8.80. The van der Waals surface area contributed by atoms with E-state index in [9.17, 15) is 14.4 Å². The second-order valence-electron chi connectivity index (χ2n) is 5.22. The summed E-state index contributed by atoms with van der Waals surface area (Å²) in [6, 6.07) is 0.393. The van der Waals surface area contributed by atoms with Gasteiger partial charge in [-0.05, 0) is 12.8 Å². The maximum atomic E-state index is 11.5. The number of ether oxygens (including phenoxy) is 1. The van der Waals surface area contributed by atoms with Crippen molar-refractivity contribution in [1.29, 1.82) is 0 Å². The van der Waals surface area contributed by atoms with Crippen molar-refractivity contribution in [2.75, 3.05) is 19.4 Å². The molecule has 3 amide bonds. The summed E-state index contributed by atoms with van der Waals surface area (Å²) >= 11 is 1.87. The van der Waals surface area contributed by atoms with Crippen LogP contribution in [0.5, 0.6) is 0 Å². The van der Waals surface area contributed by atoms with Crippen LogP contribution in [-0.4, -0.2) is 54.6 Å². The summed E-state index contributed by atoms with van der Waals surface area (Å²) in [7, 11) is 1.29. The Balaban J connectivity index is 1.57. The van der Waals surface area contributed by atoms with E-state index in [-0.39, 0.29) is 30.6 Å². The number of fused-ring (bicyclic) bond motifs is 1. The number of hydrogen-bond donors (Lipinski definition) is 3. The molecule has 2 aliphatic heterocycles. The highest BCUT2D eigenvalue weighted by Gasteiger charge is 2.42. The predicted molar refractivity (Wildman–Crippen MR) is 79.0 cm³/mol. The highest BCUT2D eigenvalue weighted by molar-refractivity contribution is 8.00. The number of carbonyl (C=O) groups excluding carboxylic acids is 3. The average Bonchev–Trinajstić information content (AvgIpc) is 3.00. The molecule has 0 aromatic rings. The van der Waals surface area contributed by atoms with Crippen LogP contribution in [0.15, 0.2) is 0 Å². The lowest BCUT2D eigenvalue weighted by atomic mass is 10.0. The number of esters is 1. The van der Waals surface area contributed by atoms with E-state index in [1.165, 1.54) is 7.11 Å². The molecule has 0 saturated carbocycles. The van der Waals surface area contributed by atoms with Crippen molar-refractivity contribution in [3.05, 3.63) is 0 Å². The molecular formula is C13H21N3O4S. The molecule has 3 atom stereocenters. The first-order valence-corrected chi connectivity index (χ1v) is 8.17. The topological polar surface area (TPSA) is 96.5 Å². The maximum absolute atomic E-state index is 11.5. The van der Waals surface area contributed by atoms with E-state index in [4.69, 9.17) is 0 Å². The molecule has 0 radical (unpaired) electrons. The van der Waals surface area contributed by atoms with Crippen molar-refractivity contribution < 1.29 is 19.1 Å². The van der Waals surface area contributed by atoms with Crippen molar-refractivity contribution in [1.82, 2.24) is 16.0 Å². The van der Waals surface area contributed by atoms with Gasteiger partial charge in [-0.15, -0.1) is 0 Å². The number of amides is 3. The van der Waals surface area contributed by atoms with E-state index in [0.29, 0.717) is 11.7 Å². The summed E-state index contributed by atoms with van der Waals surface area (Å²) in [6.45, 7) is -0.0741. The molecular weight excluding hydrogens is 294 g/mol. The fraction of sp³-hybridized carbons (Fsp3) is 0.769. The first-order valence-electron chi connectivity index (χ1n) is 7.12. The maximum Gasteiger partial charge on any atom is 0.325 e. The zero-order chi connectivity index (χ0) is 15.2. The first kappa shape index (κ1) is 15.9. The quantitative estimate of drug-likeness (QED) is 0.349. The molecule has 2 saturated heterocycles. The Labute approximate surface area is 127 Å². The third-order valence-corrected chi connectivity index (χ3v) is 5.25. The average molecular weight is 315 g/mol. The number of rotatable bonds is 7. The molecule has 2 aliphatic rings. The number of urea groups is 1. The summed E-state index contributed by atoms with van der Waals surface area (Å²) < 4.78 is 4.45. The van der Waals surface area contributed by atoms with Gasteiger partial charge in [0.25, 0.3) is 0 Å². The summed E-state index contributed by atoms with van der Waals surface area (Å²) in [5.41, 5.74) is 0. The molecule has 0 bridgehead atoms. The van der Waals surface area contributed by atoms with E-state index in [0.717, 1.165) is 25.0 Å². The molecule has 0 spiro atoms. The lowest BCUT2D eigenvalue weighted by molar-refractivity contribution is -0.141. The molecule has 3 unspecified atom stereocenters. The van der Waals surface area contributed by atoms with E-state index in [1.807, 2.05) is 11.8 Å². The normalized spacial score (nSPS) is 26.7. The Morgan fingerprint density at radius 2 is 2.19 bits per heavy atom. The Morgan fingerprint density at radius 1 is 1.38 bits per heavy atom.